The number of rotatable bonds is 35. The van der Waals surface area contributed by atoms with Crippen LogP contribution in [0.25, 0.3) is 0 Å². The molecule has 0 saturated carbocycles. The first kappa shape index (κ1) is 51.9. The monoisotopic (exact) mass is 817 g/mol. The standard InChI is InChI=1S/C43H76O12S/c1-3-5-7-9-11-13-15-17-18-20-22-24-26-28-30-32-39(45)54-36(34-53-43-42(48)41(47)40(46)37(55-43)35-56(49,50)51)33-52-38(44)31-29-27-25-23-21-19-16-14-12-10-8-6-4-2/h11,13-14,16-18,36-37,40-43,46-48H,3-10,12,15,19-35H2,1-2H3,(H,49,50,51)/b13-11-,16-14-,18-17-. The van der Waals surface area contributed by atoms with Crippen LogP contribution in [0.2, 0.25) is 0 Å². The van der Waals surface area contributed by atoms with Gasteiger partial charge in [0, 0.05) is 12.8 Å². The molecule has 0 radical (unpaired) electrons. The topological polar surface area (TPSA) is 186 Å². The molecule has 56 heavy (non-hydrogen) atoms. The first-order valence-electron chi connectivity index (χ1n) is 21.5. The Hall–Kier alpha value is -2.13. The number of ether oxygens (including phenoxy) is 4. The molecule has 1 saturated heterocycles. The summed E-state index contributed by atoms with van der Waals surface area (Å²) in [5, 5.41) is 30.8. The van der Waals surface area contributed by atoms with Crippen LogP contribution in [-0.2, 0) is 38.7 Å². The molecular formula is C43H76O12S. The molecule has 0 aromatic carbocycles. The van der Waals surface area contributed by atoms with Gasteiger partial charge in [0.15, 0.2) is 12.4 Å². The van der Waals surface area contributed by atoms with Crippen LogP contribution < -0.4 is 0 Å². The molecule has 0 aromatic heterocycles. The van der Waals surface area contributed by atoms with E-state index in [1.54, 1.807) is 0 Å². The molecule has 326 valence electrons. The second kappa shape index (κ2) is 33.8. The van der Waals surface area contributed by atoms with Gasteiger partial charge in [-0.3, -0.25) is 14.1 Å². The largest absolute Gasteiger partial charge is 0.462 e. The van der Waals surface area contributed by atoms with Gasteiger partial charge in [-0.15, -0.1) is 0 Å². The van der Waals surface area contributed by atoms with Crippen molar-refractivity contribution in [3.05, 3.63) is 36.5 Å². The van der Waals surface area contributed by atoms with Crippen molar-refractivity contribution < 1.29 is 56.8 Å². The molecule has 1 aliphatic heterocycles. The fraction of sp³-hybridized carbons (Fsp3) is 0.814. The van der Waals surface area contributed by atoms with Crippen LogP contribution >= 0.6 is 0 Å². The van der Waals surface area contributed by atoms with Gasteiger partial charge in [0.1, 0.15) is 36.8 Å². The van der Waals surface area contributed by atoms with Crippen LogP contribution in [0.1, 0.15) is 168 Å². The highest BCUT2D eigenvalue weighted by Gasteiger charge is 2.46. The van der Waals surface area contributed by atoms with Crippen LogP contribution in [0.15, 0.2) is 36.5 Å². The van der Waals surface area contributed by atoms with E-state index in [2.05, 4.69) is 50.3 Å². The van der Waals surface area contributed by atoms with Crippen molar-refractivity contribution >= 4 is 22.1 Å². The molecule has 0 aromatic rings. The number of hydrogen-bond donors (Lipinski definition) is 4. The summed E-state index contributed by atoms with van der Waals surface area (Å²) in [6.45, 7) is 3.68. The number of allylic oxidation sites excluding steroid dienone is 6. The number of esters is 2. The third-order valence-corrected chi connectivity index (χ3v) is 10.4. The van der Waals surface area contributed by atoms with E-state index in [4.69, 9.17) is 18.9 Å². The highest BCUT2D eigenvalue weighted by Crippen LogP contribution is 2.24. The summed E-state index contributed by atoms with van der Waals surface area (Å²) < 4.78 is 53.9. The fourth-order valence-electron chi connectivity index (χ4n) is 6.29. The zero-order chi connectivity index (χ0) is 41.3. The Kier molecular flexibility index (Phi) is 31.3. The Morgan fingerprint density at radius 1 is 0.607 bits per heavy atom. The Morgan fingerprint density at radius 2 is 1.07 bits per heavy atom. The molecule has 0 amide bonds. The molecule has 13 heteroatoms. The first-order valence-corrected chi connectivity index (χ1v) is 23.2. The molecule has 0 bridgehead atoms. The van der Waals surface area contributed by atoms with E-state index in [0.29, 0.717) is 12.8 Å². The lowest BCUT2D eigenvalue weighted by Crippen LogP contribution is -2.60. The average Bonchev–Trinajstić information content (AvgIpc) is 3.16. The Morgan fingerprint density at radius 3 is 1.62 bits per heavy atom. The summed E-state index contributed by atoms with van der Waals surface area (Å²) in [5.74, 6) is -2.01. The predicted molar refractivity (Wildman–Crippen MR) is 219 cm³/mol. The van der Waals surface area contributed by atoms with Gasteiger partial charge in [-0.2, -0.15) is 8.42 Å². The maximum absolute atomic E-state index is 12.8. The summed E-state index contributed by atoms with van der Waals surface area (Å²) in [5.41, 5.74) is 0. The maximum Gasteiger partial charge on any atom is 0.306 e. The highest BCUT2D eigenvalue weighted by molar-refractivity contribution is 7.85. The third kappa shape index (κ3) is 28.3. The van der Waals surface area contributed by atoms with Crippen molar-refractivity contribution in [1.82, 2.24) is 0 Å². The summed E-state index contributed by atoms with van der Waals surface area (Å²) in [6.07, 6.45) is 27.6. The van der Waals surface area contributed by atoms with Crippen molar-refractivity contribution in [1.29, 1.82) is 0 Å². The minimum absolute atomic E-state index is 0.146. The van der Waals surface area contributed by atoms with E-state index >= 15 is 0 Å². The molecule has 1 aliphatic rings. The van der Waals surface area contributed by atoms with Crippen molar-refractivity contribution in [2.75, 3.05) is 19.0 Å². The van der Waals surface area contributed by atoms with Crippen molar-refractivity contribution in [3.63, 3.8) is 0 Å². The van der Waals surface area contributed by atoms with E-state index in [-0.39, 0.29) is 19.4 Å². The lowest BCUT2D eigenvalue weighted by molar-refractivity contribution is -0.297. The van der Waals surface area contributed by atoms with Gasteiger partial charge < -0.3 is 34.3 Å². The number of aliphatic hydroxyl groups is 3. The number of carbonyl (C=O) groups excluding carboxylic acids is 2. The number of carbonyl (C=O) groups is 2. The van der Waals surface area contributed by atoms with Crippen molar-refractivity contribution in [2.24, 2.45) is 0 Å². The number of hydrogen-bond acceptors (Lipinski definition) is 11. The molecule has 12 nitrogen and oxygen atoms in total. The van der Waals surface area contributed by atoms with E-state index in [1.807, 2.05) is 0 Å². The van der Waals surface area contributed by atoms with Crippen molar-refractivity contribution in [2.45, 2.75) is 205 Å². The second-order valence-electron chi connectivity index (χ2n) is 15.0. The zero-order valence-electron chi connectivity index (χ0n) is 34.5. The van der Waals surface area contributed by atoms with Gasteiger partial charge in [-0.05, 0) is 70.6 Å². The summed E-state index contributed by atoms with van der Waals surface area (Å²) in [7, 11) is -4.60. The normalized spacial score (nSPS) is 21.0. The molecule has 4 N–H and O–H groups in total. The Balaban J connectivity index is 2.50. The van der Waals surface area contributed by atoms with Gasteiger partial charge in [-0.1, -0.05) is 121 Å². The van der Waals surface area contributed by atoms with Crippen LogP contribution in [0.3, 0.4) is 0 Å². The molecule has 6 unspecified atom stereocenters. The van der Waals surface area contributed by atoms with Gasteiger partial charge in [0.05, 0.1) is 6.61 Å². The Labute approximate surface area is 338 Å². The van der Waals surface area contributed by atoms with E-state index in [1.165, 1.54) is 44.9 Å². The summed E-state index contributed by atoms with van der Waals surface area (Å²) >= 11 is 0. The minimum Gasteiger partial charge on any atom is -0.462 e. The maximum atomic E-state index is 12.8. The molecule has 0 aliphatic carbocycles. The summed E-state index contributed by atoms with van der Waals surface area (Å²) in [4.78, 5) is 25.3. The smallest absolute Gasteiger partial charge is 0.306 e. The number of aliphatic hydroxyl groups excluding tert-OH is 3. The van der Waals surface area contributed by atoms with Gasteiger partial charge in [0.25, 0.3) is 10.1 Å². The highest BCUT2D eigenvalue weighted by atomic mass is 32.2. The molecule has 1 fully saturated rings. The molecule has 0 spiro atoms. The fourth-order valence-corrected chi connectivity index (χ4v) is 6.98. The zero-order valence-corrected chi connectivity index (χ0v) is 35.3. The molecule has 1 rings (SSSR count). The van der Waals surface area contributed by atoms with Crippen LogP contribution in [0.5, 0.6) is 0 Å². The molecule has 1 heterocycles. The third-order valence-electron chi connectivity index (χ3n) is 9.69. The summed E-state index contributed by atoms with van der Waals surface area (Å²) in [6, 6.07) is 0. The van der Waals surface area contributed by atoms with Gasteiger partial charge in [0.2, 0.25) is 0 Å². The lowest BCUT2D eigenvalue weighted by atomic mass is 10.00. The first-order chi connectivity index (χ1) is 27.0. The minimum atomic E-state index is -4.60. The van der Waals surface area contributed by atoms with E-state index < -0.39 is 71.2 Å². The second-order valence-corrected chi connectivity index (χ2v) is 16.5. The van der Waals surface area contributed by atoms with Gasteiger partial charge >= 0.3 is 11.9 Å². The van der Waals surface area contributed by atoms with Crippen molar-refractivity contribution in [3.8, 4) is 0 Å². The van der Waals surface area contributed by atoms with Crippen LogP contribution in [0.4, 0.5) is 0 Å². The average molecular weight is 817 g/mol. The van der Waals surface area contributed by atoms with Gasteiger partial charge in [-0.25, -0.2) is 0 Å². The van der Waals surface area contributed by atoms with E-state index in [0.717, 1.165) is 83.5 Å². The van der Waals surface area contributed by atoms with E-state index in [9.17, 15) is 37.9 Å². The predicted octanol–water partition coefficient (Wildman–Crippen LogP) is 8.22. The lowest BCUT2D eigenvalue weighted by Gasteiger charge is -2.40. The quantitative estimate of drug-likeness (QED) is 0.0208. The molecule has 6 atom stereocenters. The van der Waals surface area contributed by atoms with Crippen LogP contribution in [-0.4, -0.2) is 96.0 Å². The SMILES string of the molecule is CCCCC/C=C\C/C=C\CCCCCCCC(=O)OC(COC(=O)CCCCCCC/C=C\CCCCCC)COC1OC(CS(=O)(=O)O)C(O)C(O)C1O. The van der Waals surface area contributed by atoms with Crippen LogP contribution in [0, 0.1) is 0 Å². The molecular weight excluding hydrogens is 741 g/mol. The Bertz CT molecular complexity index is 1190. The number of unbranched alkanes of at least 4 members (excludes halogenated alkanes) is 17.